The Kier molecular flexibility index (Phi) is 6.11. The Balaban J connectivity index is 1.65. The molecule has 7 heteroatoms. The molecule has 1 atom stereocenters. The van der Waals surface area contributed by atoms with Crippen molar-refractivity contribution in [2.75, 3.05) is 39.8 Å². The minimum Gasteiger partial charge on any atom is -0.350 e. The molecule has 1 aliphatic rings. The van der Waals surface area contributed by atoms with E-state index in [1.807, 2.05) is 17.7 Å². The van der Waals surface area contributed by atoms with E-state index in [0.717, 1.165) is 55.9 Å². The first-order valence-corrected chi connectivity index (χ1v) is 9.91. The highest BCUT2D eigenvalue weighted by molar-refractivity contribution is 6.05. The Bertz CT molecular complexity index is 791. The number of carbonyl (C=O) groups is 1. The van der Waals surface area contributed by atoms with E-state index in [1.54, 1.807) is 6.20 Å². The maximum Gasteiger partial charge on any atom is 0.252 e. The molecule has 0 saturated carbocycles. The van der Waals surface area contributed by atoms with E-state index in [0.29, 0.717) is 5.56 Å². The zero-order valence-corrected chi connectivity index (χ0v) is 17.2. The molecule has 0 radical (unpaired) electrons. The summed E-state index contributed by atoms with van der Waals surface area (Å²) < 4.78 is 1.87. The molecule has 0 aliphatic carbocycles. The van der Waals surface area contributed by atoms with Gasteiger partial charge in [0.05, 0.1) is 17.1 Å². The number of piperazine rings is 1. The van der Waals surface area contributed by atoms with Crippen molar-refractivity contribution in [3.8, 4) is 0 Å². The molecule has 0 bridgehead atoms. The third-order valence-electron chi connectivity index (χ3n) is 5.28. The fourth-order valence-corrected chi connectivity index (χ4v) is 3.53. The van der Waals surface area contributed by atoms with Gasteiger partial charge in [0.1, 0.15) is 0 Å². The van der Waals surface area contributed by atoms with Crippen LogP contribution in [-0.2, 0) is 0 Å². The molecule has 2 aromatic heterocycles. The summed E-state index contributed by atoms with van der Waals surface area (Å²) in [4.78, 5) is 22.3. The average molecular weight is 373 g/mol. The van der Waals surface area contributed by atoms with Gasteiger partial charge in [0.15, 0.2) is 5.65 Å². The van der Waals surface area contributed by atoms with Crippen LogP contribution in [0.3, 0.4) is 0 Å². The van der Waals surface area contributed by atoms with E-state index >= 15 is 0 Å². The van der Waals surface area contributed by atoms with Gasteiger partial charge >= 0.3 is 0 Å². The number of carbonyl (C=O) groups excluding carboxylic acids is 1. The summed E-state index contributed by atoms with van der Waals surface area (Å²) >= 11 is 0. The first-order chi connectivity index (χ1) is 12.8. The number of hydrogen-bond donors (Lipinski definition) is 1. The van der Waals surface area contributed by atoms with Crippen molar-refractivity contribution < 1.29 is 4.79 Å². The van der Waals surface area contributed by atoms with Crippen LogP contribution in [0, 0.1) is 6.92 Å². The fourth-order valence-electron chi connectivity index (χ4n) is 3.53. The molecule has 7 nitrogen and oxygen atoms in total. The average Bonchev–Trinajstić information content (AvgIpc) is 3.04. The quantitative estimate of drug-likeness (QED) is 0.841. The zero-order valence-electron chi connectivity index (χ0n) is 17.2. The van der Waals surface area contributed by atoms with E-state index < -0.39 is 0 Å². The van der Waals surface area contributed by atoms with Gasteiger partial charge in [-0.15, -0.1) is 0 Å². The number of likely N-dealkylation sites (N-methyl/N-ethyl adjacent to an activating group) is 1. The van der Waals surface area contributed by atoms with E-state index in [1.165, 1.54) is 0 Å². The van der Waals surface area contributed by atoms with Gasteiger partial charge in [-0.25, -0.2) is 9.67 Å². The SMILES string of the molecule is Cc1cc(C(=O)NC(C)CCN2CCN(C)CC2)c2cnn(C(C)C)c2n1. The molecule has 1 aliphatic heterocycles. The molecule has 1 unspecified atom stereocenters. The molecule has 3 heterocycles. The highest BCUT2D eigenvalue weighted by Crippen LogP contribution is 2.21. The van der Waals surface area contributed by atoms with Crippen molar-refractivity contribution in [2.45, 2.75) is 46.2 Å². The topological polar surface area (TPSA) is 66.3 Å². The Morgan fingerprint density at radius 2 is 1.93 bits per heavy atom. The lowest BCUT2D eigenvalue weighted by Crippen LogP contribution is -2.46. The molecule has 0 spiro atoms. The summed E-state index contributed by atoms with van der Waals surface area (Å²) in [6, 6.07) is 2.19. The van der Waals surface area contributed by atoms with Gasteiger partial charge in [-0.1, -0.05) is 0 Å². The maximum absolute atomic E-state index is 12.9. The van der Waals surface area contributed by atoms with Crippen LogP contribution in [0.1, 0.15) is 49.3 Å². The predicted molar refractivity (Wildman–Crippen MR) is 108 cm³/mol. The number of hydrogen-bond acceptors (Lipinski definition) is 5. The van der Waals surface area contributed by atoms with E-state index in [-0.39, 0.29) is 18.0 Å². The summed E-state index contributed by atoms with van der Waals surface area (Å²) in [7, 11) is 2.17. The molecular formula is C20H32N6O. The van der Waals surface area contributed by atoms with E-state index in [2.05, 4.69) is 53.0 Å². The third-order valence-corrected chi connectivity index (χ3v) is 5.28. The van der Waals surface area contributed by atoms with Crippen molar-refractivity contribution in [2.24, 2.45) is 0 Å². The second-order valence-electron chi connectivity index (χ2n) is 8.04. The minimum atomic E-state index is -0.0420. The molecule has 1 saturated heterocycles. The highest BCUT2D eigenvalue weighted by atomic mass is 16.1. The van der Waals surface area contributed by atoms with E-state index in [4.69, 9.17) is 0 Å². The van der Waals surface area contributed by atoms with Gasteiger partial charge in [-0.05, 0) is 47.2 Å². The third kappa shape index (κ3) is 4.65. The van der Waals surface area contributed by atoms with Crippen molar-refractivity contribution in [3.05, 3.63) is 23.5 Å². The first-order valence-electron chi connectivity index (χ1n) is 9.91. The predicted octanol–water partition coefficient (Wildman–Crippen LogP) is 2.08. The molecule has 1 fully saturated rings. The second-order valence-corrected chi connectivity index (χ2v) is 8.04. The number of rotatable bonds is 6. The molecule has 27 heavy (non-hydrogen) atoms. The van der Waals surface area contributed by atoms with Crippen LogP contribution < -0.4 is 5.32 Å². The van der Waals surface area contributed by atoms with Crippen molar-refractivity contribution in [1.82, 2.24) is 29.9 Å². The molecule has 148 valence electrons. The van der Waals surface area contributed by atoms with Crippen LogP contribution in [0.25, 0.3) is 11.0 Å². The van der Waals surface area contributed by atoms with Gasteiger partial charge in [0, 0.05) is 50.5 Å². The Hall–Kier alpha value is -1.99. The number of aryl methyl sites for hydroxylation is 1. The van der Waals surface area contributed by atoms with Crippen LogP contribution in [0.2, 0.25) is 0 Å². The number of amides is 1. The summed E-state index contributed by atoms with van der Waals surface area (Å²) in [5.41, 5.74) is 2.27. The number of fused-ring (bicyclic) bond motifs is 1. The van der Waals surface area contributed by atoms with Crippen LogP contribution in [0.4, 0.5) is 0 Å². The Morgan fingerprint density at radius 3 is 2.59 bits per heavy atom. The molecule has 0 aromatic carbocycles. The summed E-state index contributed by atoms with van der Waals surface area (Å²) in [6.07, 6.45) is 2.71. The van der Waals surface area contributed by atoms with Gasteiger partial charge in [0.2, 0.25) is 0 Å². The van der Waals surface area contributed by atoms with Crippen LogP contribution in [0.5, 0.6) is 0 Å². The number of nitrogens with zero attached hydrogens (tertiary/aromatic N) is 5. The summed E-state index contributed by atoms with van der Waals surface area (Å²) in [5, 5.41) is 8.40. The van der Waals surface area contributed by atoms with Crippen LogP contribution in [0.15, 0.2) is 12.3 Å². The van der Waals surface area contributed by atoms with Crippen molar-refractivity contribution >= 4 is 16.9 Å². The number of aromatic nitrogens is 3. The lowest BCUT2D eigenvalue weighted by Gasteiger charge is -2.32. The van der Waals surface area contributed by atoms with Crippen molar-refractivity contribution in [1.29, 1.82) is 0 Å². The van der Waals surface area contributed by atoms with Crippen molar-refractivity contribution in [3.63, 3.8) is 0 Å². The smallest absolute Gasteiger partial charge is 0.252 e. The summed E-state index contributed by atoms with van der Waals surface area (Å²) in [6.45, 7) is 13.6. The lowest BCUT2D eigenvalue weighted by molar-refractivity contribution is 0.0933. The molecule has 2 aromatic rings. The number of pyridine rings is 1. The Labute approximate surface area is 161 Å². The van der Waals surface area contributed by atoms with Gasteiger partial charge < -0.3 is 15.1 Å². The molecule has 1 N–H and O–H groups in total. The van der Waals surface area contributed by atoms with Crippen LogP contribution >= 0.6 is 0 Å². The molecule has 1 amide bonds. The van der Waals surface area contributed by atoms with Crippen LogP contribution in [-0.4, -0.2) is 76.3 Å². The molecular weight excluding hydrogens is 340 g/mol. The van der Waals surface area contributed by atoms with Gasteiger partial charge in [-0.2, -0.15) is 5.10 Å². The Morgan fingerprint density at radius 1 is 1.22 bits per heavy atom. The van der Waals surface area contributed by atoms with E-state index in [9.17, 15) is 4.79 Å². The monoisotopic (exact) mass is 372 g/mol. The van der Waals surface area contributed by atoms with Gasteiger partial charge in [0.25, 0.3) is 5.91 Å². The largest absolute Gasteiger partial charge is 0.350 e. The standard InChI is InChI=1S/C20H32N6O/c1-14(2)26-19-18(13-21-26)17(12-16(4)22-19)20(27)23-15(3)6-7-25-10-8-24(5)9-11-25/h12-15H,6-11H2,1-5H3,(H,23,27). The second kappa shape index (κ2) is 8.35. The first kappa shape index (κ1) is 19.8. The normalized spacial score (nSPS) is 17.6. The highest BCUT2D eigenvalue weighted by Gasteiger charge is 2.19. The zero-order chi connectivity index (χ0) is 19.6. The molecule has 3 rings (SSSR count). The number of nitrogens with one attached hydrogen (secondary N) is 1. The minimum absolute atomic E-state index is 0.0420. The maximum atomic E-state index is 12.9. The lowest BCUT2D eigenvalue weighted by atomic mass is 10.1. The van der Waals surface area contributed by atoms with Gasteiger partial charge in [-0.3, -0.25) is 4.79 Å². The fraction of sp³-hybridized carbons (Fsp3) is 0.650. The summed E-state index contributed by atoms with van der Waals surface area (Å²) in [5.74, 6) is -0.0420.